The lowest BCUT2D eigenvalue weighted by atomic mass is 10.1. The molecule has 0 unspecified atom stereocenters. The Balaban J connectivity index is 1.30. The van der Waals surface area contributed by atoms with Crippen LogP contribution in [-0.4, -0.2) is 22.8 Å². The summed E-state index contributed by atoms with van der Waals surface area (Å²) in [5, 5.41) is 6.70. The van der Waals surface area contributed by atoms with Gasteiger partial charge in [0.1, 0.15) is 5.52 Å². The van der Waals surface area contributed by atoms with Crippen molar-refractivity contribution in [2.24, 2.45) is 0 Å². The summed E-state index contributed by atoms with van der Waals surface area (Å²) in [5.74, 6) is 0.0277. The zero-order valence-electron chi connectivity index (χ0n) is 17.5. The van der Waals surface area contributed by atoms with Gasteiger partial charge in [0.15, 0.2) is 5.58 Å². The number of para-hydroxylation sites is 2. The summed E-state index contributed by atoms with van der Waals surface area (Å²) < 4.78 is 5.77. The number of hydrogen-bond acceptors (Lipinski definition) is 5. The van der Waals surface area contributed by atoms with Gasteiger partial charge in [-0.05, 0) is 54.8 Å². The van der Waals surface area contributed by atoms with Gasteiger partial charge in [0, 0.05) is 23.0 Å². The van der Waals surface area contributed by atoms with Crippen LogP contribution < -0.4 is 10.6 Å². The van der Waals surface area contributed by atoms with Gasteiger partial charge in [0.2, 0.25) is 0 Å². The fourth-order valence-electron chi connectivity index (χ4n) is 3.39. The van der Waals surface area contributed by atoms with Crippen LogP contribution >= 0.6 is 23.4 Å². The second kappa shape index (κ2) is 9.29. The molecule has 1 aliphatic rings. The van der Waals surface area contributed by atoms with Gasteiger partial charge >= 0.3 is 0 Å². The minimum Gasteiger partial charge on any atom is -0.431 e. The molecule has 0 saturated heterocycles. The second-order valence-corrected chi connectivity index (χ2v) is 9.12. The van der Waals surface area contributed by atoms with E-state index in [4.69, 9.17) is 16.0 Å². The molecule has 0 aliphatic heterocycles. The highest BCUT2D eigenvalue weighted by atomic mass is 35.5. The number of carbonyl (C=O) groups excluding carboxylic acids is 2. The van der Waals surface area contributed by atoms with Crippen molar-refractivity contribution < 1.29 is 14.0 Å². The standard InChI is InChI=1S/C25H20ClN3O3S/c26-20-12-11-17(13-19(20)24(31)27-16-9-10-16)28-23(30)18-6-2-1-5-15(18)14-33-25-29-21-7-3-4-8-22(21)32-25/h1-8,11-13,16H,9-10,14H2,(H,27,31)(H,28,30). The van der Waals surface area contributed by atoms with Crippen LogP contribution in [0.15, 0.2) is 76.4 Å². The molecule has 0 atom stereocenters. The van der Waals surface area contributed by atoms with Gasteiger partial charge in [0.25, 0.3) is 17.0 Å². The van der Waals surface area contributed by atoms with Crippen LogP contribution in [0.5, 0.6) is 0 Å². The van der Waals surface area contributed by atoms with E-state index in [1.807, 2.05) is 42.5 Å². The van der Waals surface area contributed by atoms with Crippen molar-refractivity contribution >= 4 is 52.0 Å². The third kappa shape index (κ3) is 5.05. The van der Waals surface area contributed by atoms with Crippen LogP contribution in [0.1, 0.15) is 39.1 Å². The van der Waals surface area contributed by atoms with E-state index in [-0.39, 0.29) is 17.9 Å². The molecule has 1 saturated carbocycles. The van der Waals surface area contributed by atoms with Gasteiger partial charge in [-0.1, -0.05) is 53.7 Å². The zero-order valence-corrected chi connectivity index (χ0v) is 19.1. The number of halogens is 1. The smallest absolute Gasteiger partial charge is 0.257 e. The summed E-state index contributed by atoms with van der Waals surface area (Å²) in [6, 6.07) is 20.1. The monoisotopic (exact) mass is 477 g/mol. The number of nitrogens with one attached hydrogen (secondary N) is 2. The number of anilines is 1. The van der Waals surface area contributed by atoms with Crippen LogP contribution in [0.4, 0.5) is 5.69 Å². The third-order valence-electron chi connectivity index (χ3n) is 5.27. The molecular weight excluding hydrogens is 458 g/mol. The normalized spacial score (nSPS) is 13.1. The maximum absolute atomic E-state index is 13.0. The molecular formula is C25H20ClN3O3S. The van der Waals surface area contributed by atoms with Gasteiger partial charge in [-0.15, -0.1) is 0 Å². The molecule has 33 heavy (non-hydrogen) atoms. The Hall–Kier alpha value is -3.29. The highest BCUT2D eigenvalue weighted by Crippen LogP contribution is 2.28. The number of amides is 2. The number of aromatic nitrogens is 1. The van der Waals surface area contributed by atoms with Crippen molar-refractivity contribution in [3.63, 3.8) is 0 Å². The van der Waals surface area contributed by atoms with Crippen molar-refractivity contribution in [1.29, 1.82) is 0 Å². The molecule has 0 bridgehead atoms. The lowest BCUT2D eigenvalue weighted by Gasteiger charge is -2.11. The Bertz CT molecular complexity index is 1320. The summed E-state index contributed by atoms with van der Waals surface area (Å²) in [5.41, 5.74) is 3.78. The first-order chi connectivity index (χ1) is 16.1. The SMILES string of the molecule is O=C(NC1CC1)c1cc(NC(=O)c2ccccc2CSc2nc3ccccc3o2)ccc1Cl. The predicted molar refractivity (Wildman–Crippen MR) is 130 cm³/mol. The average molecular weight is 478 g/mol. The quantitative estimate of drug-likeness (QED) is 0.323. The van der Waals surface area contributed by atoms with Gasteiger partial charge in [-0.25, -0.2) is 4.98 Å². The zero-order chi connectivity index (χ0) is 22.8. The van der Waals surface area contributed by atoms with Crippen molar-refractivity contribution in [3.05, 3.63) is 88.4 Å². The second-order valence-electron chi connectivity index (χ2n) is 7.79. The Labute approximate surface area is 199 Å². The first-order valence-electron chi connectivity index (χ1n) is 10.5. The summed E-state index contributed by atoms with van der Waals surface area (Å²) in [7, 11) is 0. The van der Waals surface area contributed by atoms with E-state index in [9.17, 15) is 9.59 Å². The van der Waals surface area contributed by atoms with Crippen LogP contribution in [0.2, 0.25) is 5.02 Å². The van der Waals surface area contributed by atoms with Gasteiger partial charge in [0.05, 0.1) is 10.6 Å². The van der Waals surface area contributed by atoms with E-state index in [1.165, 1.54) is 11.8 Å². The minimum atomic E-state index is -0.264. The molecule has 6 nitrogen and oxygen atoms in total. The minimum absolute atomic E-state index is 0.220. The first-order valence-corrected chi connectivity index (χ1v) is 11.9. The van der Waals surface area contributed by atoms with Crippen LogP contribution in [-0.2, 0) is 5.75 Å². The van der Waals surface area contributed by atoms with Crippen molar-refractivity contribution in [2.45, 2.75) is 29.9 Å². The molecule has 8 heteroatoms. The van der Waals surface area contributed by atoms with Crippen LogP contribution in [0.3, 0.4) is 0 Å². The number of hydrogen-bond donors (Lipinski definition) is 2. The molecule has 1 fully saturated rings. The molecule has 3 aromatic carbocycles. The number of nitrogens with zero attached hydrogens (tertiary/aromatic N) is 1. The third-order valence-corrected chi connectivity index (χ3v) is 6.48. The van der Waals surface area contributed by atoms with E-state index in [1.54, 1.807) is 24.3 Å². The summed E-state index contributed by atoms with van der Waals surface area (Å²) in [6.07, 6.45) is 1.97. The molecule has 5 rings (SSSR count). The molecule has 0 spiro atoms. The van der Waals surface area contributed by atoms with E-state index in [0.29, 0.717) is 32.8 Å². The first kappa shape index (κ1) is 21.6. The Morgan fingerprint density at radius 2 is 1.79 bits per heavy atom. The molecule has 1 aromatic heterocycles. The molecule has 166 valence electrons. The van der Waals surface area contributed by atoms with E-state index >= 15 is 0 Å². The lowest BCUT2D eigenvalue weighted by Crippen LogP contribution is -2.25. The Kier molecular flexibility index (Phi) is 6.07. The van der Waals surface area contributed by atoms with E-state index in [2.05, 4.69) is 15.6 Å². The Morgan fingerprint density at radius 3 is 2.61 bits per heavy atom. The molecule has 1 heterocycles. The lowest BCUT2D eigenvalue weighted by molar-refractivity contribution is 0.0949. The van der Waals surface area contributed by atoms with E-state index in [0.717, 1.165) is 29.5 Å². The summed E-state index contributed by atoms with van der Waals surface area (Å²) in [4.78, 5) is 30.0. The summed E-state index contributed by atoms with van der Waals surface area (Å²) in [6.45, 7) is 0. The number of thioether (sulfide) groups is 1. The van der Waals surface area contributed by atoms with E-state index < -0.39 is 0 Å². The topological polar surface area (TPSA) is 84.2 Å². The number of rotatable bonds is 7. The summed E-state index contributed by atoms with van der Waals surface area (Å²) >= 11 is 7.64. The molecule has 1 aliphatic carbocycles. The molecule has 2 amide bonds. The average Bonchev–Trinajstić information content (AvgIpc) is 3.54. The van der Waals surface area contributed by atoms with Crippen molar-refractivity contribution in [2.75, 3.05) is 5.32 Å². The molecule has 0 radical (unpaired) electrons. The predicted octanol–water partition coefficient (Wildman–Crippen LogP) is 5.92. The van der Waals surface area contributed by atoms with Gasteiger partial charge < -0.3 is 15.1 Å². The molecule has 4 aromatic rings. The fourth-order valence-corrected chi connectivity index (χ4v) is 4.43. The highest BCUT2D eigenvalue weighted by Gasteiger charge is 2.25. The maximum atomic E-state index is 13.0. The fraction of sp³-hybridized carbons (Fsp3) is 0.160. The number of carbonyl (C=O) groups is 2. The highest BCUT2D eigenvalue weighted by molar-refractivity contribution is 7.98. The van der Waals surface area contributed by atoms with Crippen LogP contribution in [0.25, 0.3) is 11.1 Å². The molecule has 2 N–H and O–H groups in total. The van der Waals surface area contributed by atoms with Crippen LogP contribution in [0, 0.1) is 0 Å². The van der Waals surface area contributed by atoms with Gasteiger partial charge in [-0.2, -0.15) is 0 Å². The largest absolute Gasteiger partial charge is 0.431 e. The number of benzene rings is 3. The number of fused-ring (bicyclic) bond motifs is 1. The van der Waals surface area contributed by atoms with Crippen molar-refractivity contribution in [3.8, 4) is 0 Å². The maximum Gasteiger partial charge on any atom is 0.257 e. The number of oxazole rings is 1. The Morgan fingerprint density at radius 1 is 1.00 bits per heavy atom. The van der Waals surface area contributed by atoms with Crippen molar-refractivity contribution in [1.82, 2.24) is 10.3 Å². The van der Waals surface area contributed by atoms with Gasteiger partial charge in [-0.3, -0.25) is 9.59 Å².